The van der Waals surface area contributed by atoms with Crippen LogP contribution in [-0.2, 0) is 9.53 Å². The van der Waals surface area contributed by atoms with Gasteiger partial charge in [-0.15, -0.1) is 11.3 Å². The number of esters is 1. The largest absolute Gasteiger partial charge is 0.497 e. The van der Waals surface area contributed by atoms with Gasteiger partial charge in [-0.1, -0.05) is 37.3 Å². The number of carbonyl (C=O) groups is 2. The van der Waals surface area contributed by atoms with Crippen molar-refractivity contribution < 1.29 is 23.8 Å². The van der Waals surface area contributed by atoms with E-state index in [0.717, 1.165) is 11.1 Å². The van der Waals surface area contributed by atoms with Crippen molar-refractivity contribution >= 4 is 28.2 Å². The predicted octanol–water partition coefficient (Wildman–Crippen LogP) is 5.40. The number of carbonyl (C=O) groups excluding carboxylic acids is 2. The van der Waals surface area contributed by atoms with Crippen molar-refractivity contribution in [3.63, 3.8) is 0 Å². The van der Waals surface area contributed by atoms with Gasteiger partial charge >= 0.3 is 5.97 Å². The summed E-state index contributed by atoms with van der Waals surface area (Å²) in [7, 11) is 1.59. The van der Waals surface area contributed by atoms with Crippen LogP contribution in [0.5, 0.6) is 11.5 Å². The van der Waals surface area contributed by atoms with Gasteiger partial charge in [0.15, 0.2) is 6.10 Å². The number of thiophene rings is 1. The molecule has 0 aliphatic carbocycles. The van der Waals surface area contributed by atoms with Crippen molar-refractivity contribution in [2.45, 2.75) is 26.4 Å². The third-order valence-corrected chi connectivity index (χ3v) is 5.49. The molecule has 162 valence electrons. The topological polar surface area (TPSA) is 73.9 Å². The summed E-state index contributed by atoms with van der Waals surface area (Å²) in [5.41, 5.74) is 1.96. The summed E-state index contributed by atoms with van der Waals surface area (Å²) in [5, 5.41) is 5.16. The van der Waals surface area contributed by atoms with Crippen LogP contribution in [0.1, 0.15) is 30.6 Å². The fourth-order valence-electron chi connectivity index (χ4n) is 3.02. The van der Waals surface area contributed by atoms with Gasteiger partial charge in [-0.2, -0.15) is 0 Å². The molecular weight excluding hydrogens is 414 g/mol. The normalized spacial score (nSPS) is 11.5. The number of methoxy groups -OCH3 is 1. The lowest BCUT2D eigenvalue weighted by Crippen LogP contribution is -2.32. The Morgan fingerprint density at radius 3 is 2.29 bits per heavy atom. The Morgan fingerprint density at radius 1 is 1.00 bits per heavy atom. The van der Waals surface area contributed by atoms with Gasteiger partial charge in [-0.3, -0.25) is 4.79 Å². The zero-order valence-electron chi connectivity index (χ0n) is 17.7. The van der Waals surface area contributed by atoms with E-state index in [4.69, 9.17) is 14.2 Å². The molecule has 1 aromatic heterocycles. The molecule has 0 fully saturated rings. The van der Waals surface area contributed by atoms with Crippen LogP contribution in [0.3, 0.4) is 0 Å². The molecule has 3 aromatic rings. The quantitative estimate of drug-likeness (QED) is 0.452. The van der Waals surface area contributed by atoms with Crippen LogP contribution in [0.2, 0.25) is 0 Å². The molecule has 1 heterocycles. The first-order valence-corrected chi connectivity index (χ1v) is 10.9. The number of amides is 1. The molecule has 0 spiro atoms. The number of rotatable bonds is 9. The minimum atomic E-state index is -0.717. The summed E-state index contributed by atoms with van der Waals surface area (Å²) in [6.07, 6.45) is -0.255. The molecule has 1 amide bonds. The van der Waals surface area contributed by atoms with E-state index in [1.165, 1.54) is 11.3 Å². The van der Waals surface area contributed by atoms with Crippen LogP contribution in [-0.4, -0.2) is 31.7 Å². The Kier molecular flexibility index (Phi) is 7.67. The lowest BCUT2D eigenvalue weighted by molar-refractivity contribution is -0.122. The Morgan fingerprint density at radius 2 is 1.68 bits per heavy atom. The number of anilines is 1. The third-order valence-electron chi connectivity index (χ3n) is 4.59. The second-order valence-corrected chi connectivity index (χ2v) is 7.50. The van der Waals surface area contributed by atoms with Gasteiger partial charge in [-0.25, -0.2) is 4.79 Å². The van der Waals surface area contributed by atoms with Crippen LogP contribution >= 0.6 is 11.3 Å². The summed E-state index contributed by atoms with van der Waals surface area (Å²) < 4.78 is 16.2. The average molecular weight is 440 g/mol. The summed E-state index contributed by atoms with van der Waals surface area (Å²) >= 11 is 1.29. The molecule has 6 nitrogen and oxygen atoms in total. The van der Waals surface area contributed by atoms with E-state index in [1.807, 2.05) is 42.6 Å². The third kappa shape index (κ3) is 5.44. The summed E-state index contributed by atoms with van der Waals surface area (Å²) in [6.45, 7) is 3.86. The monoisotopic (exact) mass is 439 g/mol. The highest BCUT2D eigenvalue weighted by atomic mass is 32.1. The summed E-state index contributed by atoms with van der Waals surface area (Å²) in [6, 6.07) is 16.6. The molecule has 0 aliphatic rings. The van der Waals surface area contributed by atoms with Crippen molar-refractivity contribution in [2.24, 2.45) is 0 Å². The average Bonchev–Trinajstić information content (AvgIpc) is 3.22. The highest BCUT2D eigenvalue weighted by Crippen LogP contribution is 2.36. The van der Waals surface area contributed by atoms with Gasteiger partial charge in [0, 0.05) is 10.9 Å². The highest BCUT2D eigenvalue weighted by molar-refractivity contribution is 7.15. The zero-order chi connectivity index (χ0) is 22.2. The first-order valence-electron chi connectivity index (χ1n) is 10.0. The lowest BCUT2D eigenvalue weighted by atomic mass is 10.0. The first kappa shape index (κ1) is 22.4. The van der Waals surface area contributed by atoms with Gasteiger partial charge in [-0.05, 0) is 43.2 Å². The molecule has 0 aliphatic heterocycles. The molecule has 31 heavy (non-hydrogen) atoms. The van der Waals surface area contributed by atoms with Crippen molar-refractivity contribution in [1.29, 1.82) is 0 Å². The summed E-state index contributed by atoms with van der Waals surface area (Å²) in [4.78, 5) is 25.6. The maximum atomic E-state index is 12.9. The molecular formula is C24H25NO5S. The second kappa shape index (κ2) is 10.6. The molecule has 0 bridgehead atoms. The van der Waals surface area contributed by atoms with Crippen LogP contribution in [0, 0.1) is 0 Å². The molecule has 2 aromatic carbocycles. The standard InChI is InChI=1S/C24H25NO5S/c1-4-20(30-18-13-11-17(28-3)12-14-18)22(26)25-23-21(24(27)29-5-2)19(15-31-23)16-9-7-6-8-10-16/h6-15,20H,4-5H2,1-3H3,(H,25,26). The van der Waals surface area contributed by atoms with Gasteiger partial charge < -0.3 is 19.5 Å². The Hall–Kier alpha value is -3.32. The van der Waals surface area contributed by atoms with Crippen molar-refractivity contribution in [3.8, 4) is 22.6 Å². The van der Waals surface area contributed by atoms with Crippen molar-refractivity contribution in [3.05, 3.63) is 65.5 Å². The molecule has 0 saturated heterocycles. The van der Waals surface area contributed by atoms with E-state index in [9.17, 15) is 9.59 Å². The van der Waals surface area contributed by atoms with Gasteiger partial charge in [0.2, 0.25) is 0 Å². The Balaban J connectivity index is 1.83. The number of ether oxygens (including phenoxy) is 3. The minimum absolute atomic E-state index is 0.245. The number of nitrogens with one attached hydrogen (secondary N) is 1. The SMILES string of the molecule is CCOC(=O)c1c(-c2ccccc2)csc1NC(=O)C(CC)Oc1ccc(OC)cc1. The molecule has 1 atom stereocenters. The molecule has 0 saturated carbocycles. The van der Waals surface area contributed by atoms with Crippen molar-refractivity contribution in [1.82, 2.24) is 0 Å². The number of hydrogen-bond donors (Lipinski definition) is 1. The second-order valence-electron chi connectivity index (χ2n) is 6.62. The zero-order valence-corrected chi connectivity index (χ0v) is 18.5. The molecule has 1 unspecified atom stereocenters. The highest BCUT2D eigenvalue weighted by Gasteiger charge is 2.26. The Bertz CT molecular complexity index is 1010. The molecule has 1 N–H and O–H groups in total. The van der Waals surface area contributed by atoms with Crippen LogP contribution in [0.25, 0.3) is 11.1 Å². The van der Waals surface area contributed by atoms with E-state index in [0.29, 0.717) is 28.5 Å². The summed E-state index contributed by atoms with van der Waals surface area (Å²) in [5.74, 6) is 0.466. The first-order chi connectivity index (χ1) is 15.1. The van der Waals surface area contributed by atoms with E-state index in [2.05, 4.69) is 5.32 Å². The van der Waals surface area contributed by atoms with E-state index < -0.39 is 12.1 Å². The molecule has 0 radical (unpaired) electrons. The van der Waals surface area contributed by atoms with Crippen LogP contribution in [0.15, 0.2) is 60.0 Å². The van der Waals surface area contributed by atoms with Crippen molar-refractivity contribution in [2.75, 3.05) is 19.0 Å². The van der Waals surface area contributed by atoms with Gasteiger partial charge in [0.25, 0.3) is 5.91 Å². The maximum absolute atomic E-state index is 12.9. The predicted molar refractivity (Wildman–Crippen MR) is 122 cm³/mol. The number of hydrogen-bond acceptors (Lipinski definition) is 6. The van der Waals surface area contributed by atoms with Gasteiger partial charge in [0.05, 0.1) is 13.7 Å². The fraction of sp³-hybridized carbons (Fsp3) is 0.250. The Labute approximate surface area is 185 Å². The smallest absolute Gasteiger partial charge is 0.341 e. The molecule has 7 heteroatoms. The van der Waals surface area contributed by atoms with E-state index >= 15 is 0 Å². The number of benzene rings is 2. The fourth-order valence-corrected chi connectivity index (χ4v) is 3.98. The minimum Gasteiger partial charge on any atom is -0.497 e. The van der Waals surface area contributed by atoms with E-state index in [-0.39, 0.29) is 12.5 Å². The van der Waals surface area contributed by atoms with Crippen LogP contribution in [0.4, 0.5) is 5.00 Å². The maximum Gasteiger partial charge on any atom is 0.341 e. The van der Waals surface area contributed by atoms with E-state index in [1.54, 1.807) is 38.3 Å². The van der Waals surface area contributed by atoms with Crippen LogP contribution < -0.4 is 14.8 Å². The lowest BCUT2D eigenvalue weighted by Gasteiger charge is -2.17. The molecule has 3 rings (SSSR count). The van der Waals surface area contributed by atoms with Gasteiger partial charge in [0.1, 0.15) is 22.1 Å².